The van der Waals surface area contributed by atoms with Crippen LogP contribution in [0.5, 0.6) is 0 Å². The van der Waals surface area contributed by atoms with E-state index in [4.69, 9.17) is 5.73 Å². The van der Waals surface area contributed by atoms with Crippen molar-refractivity contribution in [1.29, 1.82) is 0 Å². The summed E-state index contributed by atoms with van der Waals surface area (Å²) in [7, 11) is 0. The minimum Gasteiger partial charge on any atom is -0.358 e. The third kappa shape index (κ3) is 5.31. The maximum atomic E-state index is 11.8. The second-order valence-corrected chi connectivity index (χ2v) is 4.88. The number of aromatic nitrogens is 2. The Bertz CT molecular complexity index is 499. The van der Waals surface area contributed by atoms with Crippen molar-refractivity contribution >= 4 is 24.1 Å². The summed E-state index contributed by atoms with van der Waals surface area (Å²) in [6.07, 6.45) is 2.78. The molecule has 1 amide bonds. The Morgan fingerprint density at radius 1 is 1.52 bits per heavy atom. The Balaban J connectivity index is 0.00000400. The number of aryl methyl sites for hydroxylation is 1. The third-order valence-electron chi connectivity index (χ3n) is 3.51. The van der Waals surface area contributed by atoms with Crippen molar-refractivity contribution in [3.05, 3.63) is 22.1 Å². The summed E-state index contributed by atoms with van der Waals surface area (Å²) < 4.78 is 1.45. The second kappa shape index (κ2) is 7.94. The summed E-state index contributed by atoms with van der Waals surface area (Å²) >= 11 is 0. The number of carbonyl (C=O) groups excluding carboxylic acids is 1. The molecule has 1 rings (SSSR count). The van der Waals surface area contributed by atoms with Crippen molar-refractivity contribution in [2.75, 3.05) is 6.54 Å². The highest BCUT2D eigenvalue weighted by molar-refractivity contribution is 5.85. The highest BCUT2D eigenvalue weighted by Gasteiger charge is 2.22. The number of nitrogens with one attached hydrogen (secondary N) is 1. The van der Waals surface area contributed by atoms with Crippen molar-refractivity contribution in [3.63, 3.8) is 0 Å². The number of amides is 1. The highest BCUT2D eigenvalue weighted by atomic mass is 35.5. The molecule has 0 aliphatic rings. The van der Waals surface area contributed by atoms with E-state index in [1.54, 1.807) is 6.92 Å². The van der Waals surface area contributed by atoms with Crippen molar-refractivity contribution in [1.82, 2.24) is 14.9 Å². The molecule has 1 aromatic rings. The zero-order valence-electron chi connectivity index (χ0n) is 12.5. The Morgan fingerprint density at radius 2 is 2.10 bits per heavy atom. The summed E-state index contributed by atoms with van der Waals surface area (Å²) in [6, 6.07) is 0. The molecule has 1 aromatic heterocycles. The second-order valence-electron chi connectivity index (χ2n) is 4.88. The molecule has 8 nitrogen and oxygen atoms in total. The quantitative estimate of drug-likeness (QED) is 0.577. The molecule has 120 valence electrons. The Hall–Kier alpha value is -1.67. The van der Waals surface area contributed by atoms with Crippen LogP contribution in [0.1, 0.15) is 32.5 Å². The van der Waals surface area contributed by atoms with E-state index >= 15 is 0 Å². The third-order valence-corrected chi connectivity index (χ3v) is 3.51. The Morgan fingerprint density at radius 3 is 2.52 bits per heavy atom. The fraction of sp³-hybridized carbons (Fsp3) is 0.667. The monoisotopic (exact) mass is 319 g/mol. The predicted octanol–water partition coefficient (Wildman–Crippen LogP) is 1.16. The number of imidazole rings is 1. The van der Waals surface area contributed by atoms with E-state index in [0.29, 0.717) is 12.4 Å². The molecule has 0 aromatic carbocycles. The van der Waals surface area contributed by atoms with Crippen molar-refractivity contribution < 1.29 is 9.72 Å². The number of hydrogen-bond donors (Lipinski definition) is 2. The minimum atomic E-state index is -0.583. The lowest BCUT2D eigenvalue weighted by Crippen LogP contribution is -2.49. The van der Waals surface area contributed by atoms with Gasteiger partial charge in [-0.3, -0.25) is 9.36 Å². The van der Waals surface area contributed by atoms with Gasteiger partial charge in [0.25, 0.3) is 0 Å². The first kappa shape index (κ1) is 19.3. The molecule has 9 heteroatoms. The topological polar surface area (TPSA) is 116 Å². The van der Waals surface area contributed by atoms with Gasteiger partial charge in [-0.25, -0.2) is 0 Å². The molecule has 0 aliphatic carbocycles. The SMILES string of the molecule is CCC(N)(CC)CNC(=O)Cn1cc([N+](=O)[O-])nc1C.Cl. The molecule has 21 heavy (non-hydrogen) atoms. The average molecular weight is 320 g/mol. The van der Waals surface area contributed by atoms with E-state index in [1.165, 1.54) is 10.8 Å². The first-order valence-corrected chi connectivity index (χ1v) is 6.55. The van der Waals surface area contributed by atoms with Gasteiger partial charge in [0.05, 0.1) is 0 Å². The van der Waals surface area contributed by atoms with Crippen LogP contribution in [0.15, 0.2) is 6.20 Å². The molecule has 0 spiro atoms. The number of halogens is 1. The first-order chi connectivity index (χ1) is 9.31. The summed E-state index contributed by atoms with van der Waals surface area (Å²) in [5.41, 5.74) is 5.68. The Kier molecular flexibility index (Phi) is 7.31. The molecule has 0 bridgehead atoms. The molecule has 0 fully saturated rings. The van der Waals surface area contributed by atoms with Gasteiger partial charge in [-0.2, -0.15) is 0 Å². The predicted molar refractivity (Wildman–Crippen MR) is 81.4 cm³/mol. The van der Waals surface area contributed by atoms with Crippen LogP contribution in [0.3, 0.4) is 0 Å². The van der Waals surface area contributed by atoms with Crippen LogP contribution in [0.25, 0.3) is 0 Å². The molecule has 0 aliphatic heterocycles. The molecule has 1 heterocycles. The standard InChI is InChI=1S/C12H21N5O3.ClH/c1-4-12(13,5-2)8-14-11(18)7-16-6-10(17(19)20)15-9(16)3;/h6H,4-5,7-8,13H2,1-3H3,(H,14,18);1H. The molecule has 0 atom stereocenters. The van der Waals surface area contributed by atoms with Crippen molar-refractivity contribution in [3.8, 4) is 0 Å². The maximum absolute atomic E-state index is 11.8. The summed E-state index contributed by atoms with van der Waals surface area (Å²) in [5.74, 6) is -0.0699. The Labute approximate surface area is 129 Å². The lowest BCUT2D eigenvalue weighted by Gasteiger charge is -2.26. The fourth-order valence-corrected chi connectivity index (χ4v) is 1.72. The van der Waals surface area contributed by atoms with Crippen LogP contribution >= 0.6 is 12.4 Å². The van der Waals surface area contributed by atoms with Gasteiger partial charge in [0.15, 0.2) is 0 Å². The summed E-state index contributed by atoms with van der Waals surface area (Å²) in [4.78, 5) is 25.6. The van der Waals surface area contributed by atoms with Gasteiger partial charge in [-0.1, -0.05) is 13.8 Å². The van der Waals surface area contributed by atoms with Gasteiger partial charge in [-0.05, 0) is 22.7 Å². The highest BCUT2D eigenvalue weighted by Crippen LogP contribution is 2.11. The van der Waals surface area contributed by atoms with Crippen molar-refractivity contribution in [2.45, 2.75) is 45.7 Å². The number of rotatable bonds is 7. The van der Waals surface area contributed by atoms with Crippen LogP contribution in [-0.2, 0) is 11.3 Å². The summed E-state index contributed by atoms with van der Waals surface area (Å²) in [5, 5.41) is 13.4. The van der Waals surface area contributed by atoms with Gasteiger partial charge >= 0.3 is 5.82 Å². The van der Waals surface area contributed by atoms with E-state index < -0.39 is 10.5 Å². The molecule has 0 unspecified atom stereocenters. The van der Waals surface area contributed by atoms with Crippen LogP contribution in [0, 0.1) is 17.0 Å². The molecular formula is C12H22ClN5O3. The zero-order valence-corrected chi connectivity index (χ0v) is 13.3. The van der Waals surface area contributed by atoms with Gasteiger partial charge in [0.1, 0.15) is 12.7 Å². The smallest absolute Gasteiger partial charge is 0.358 e. The molecule has 0 radical (unpaired) electrons. The lowest BCUT2D eigenvalue weighted by atomic mass is 9.94. The molecular weight excluding hydrogens is 298 g/mol. The van der Waals surface area contributed by atoms with E-state index in [0.717, 1.165) is 12.8 Å². The summed E-state index contributed by atoms with van der Waals surface area (Å²) in [6.45, 7) is 5.94. The number of nitrogens with zero attached hydrogens (tertiary/aromatic N) is 3. The van der Waals surface area contributed by atoms with E-state index in [9.17, 15) is 14.9 Å². The number of nitro groups is 1. The van der Waals surface area contributed by atoms with Gasteiger partial charge in [-0.15, -0.1) is 12.4 Å². The maximum Gasteiger partial charge on any atom is 0.381 e. The lowest BCUT2D eigenvalue weighted by molar-refractivity contribution is -0.389. The molecule has 3 N–H and O–H groups in total. The van der Waals surface area contributed by atoms with Gasteiger partial charge in [0, 0.05) is 19.0 Å². The first-order valence-electron chi connectivity index (χ1n) is 6.55. The fourth-order valence-electron chi connectivity index (χ4n) is 1.72. The van der Waals surface area contributed by atoms with E-state index in [2.05, 4.69) is 10.3 Å². The zero-order chi connectivity index (χ0) is 15.3. The largest absolute Gasteiger partial charge is 0.381 e. The van der Waals surface area contributed by atoms with Crippen molar-refractivity contribution in [2.24, 2.45) is 5.73 Å². The number of hydrogen-bond acceptors (Lipinski definition) is 5. The van der Waals surface area contributed by atoms with Gasteiger partial charge in [0.2, 0.25) is 11.7 Å². The number of carbonyl (C=O) groups is 1. The normalized spacial score (nSPS) is 10.9. The van der Waals surface area contributed by atoms with Crippen LogP contribution in [-0.4, -0.2) is 32.5 Å². The average Bonchev–Trinajstić information content (AvgIpc) is 2.78. The number of nitrogens with two attached hydrogens (primary N) is 1. The van der Waals surface area contributed by atoms with Crippen LogP contribution in [0.2, 0.25) is 0 Å². The van der Waals surface area contributed by atoms with Crippen LogP contribution < -0.4 is 11.1 Å². The van der Waals surface area contributed by atoms with E-state index in [-0.39, 0.29) is 30.7 Å². The van der Waals surface area contributed by atoms with E-state index in [1.807, 2.05) is 13.8 Å². The van der Waals surface area contributed by atoms with Crippen LogP contribution in [0.4, 0.5) is 5.82 Å². The van der Waals surface area contributed by atoms with Gasteiger partial charge < -0.3 is 21.2 Å². The minimum absolute atomic E-state index is 0. The molecule has 0 saturated heterocycles. The molecule has 0 saturated carbocycles.